The highest BCUT2D eigenvalue weighted by Crippen LogP contribution is 2.32. The summed E-state index contributed by atoms with van der Waals surface area (Å²) in [5.41, 5.74) is 6.12. The molecular formula is C49H75N11O9. The van der Waals surface area contributed by atoms with E-state index in [0.29, 0.717) is 82.8 Å². The highest BCUT2D eigenvalue weighted by Gasteiger charge is 2.44. The molecule has 3 aliphatic carbocycles. The van der Waals surface area contributed by atoms with E-state index in [2.05, 4.69) is 53.2 Å². The number of benzene rings is 1. The molecular weight excluding hydrogens is 887 g/mol. The Morgan fingerprint density at radius 3 is 1.55 bits per heavy atom. The lowest BCUT2D eigenvalue weighted by atomic mass is 9.93. The lowest BCUT2D eigenvalue weighted by Crippen LogP contribution is -2.55. The van der Waals surface area contributed by atoms with Crippen molar-refractivity contribution in [3.8, 4) is 5.75 Å². The predicted octanol–water partition coefficient (Wildman–Crippen LogP) is -1.56. The molecule has 7 rings (SSSR count). The van der Waals surface area contributed by atoms with Gasteiger partial charge in [-0.05, 0) is 74.6 Å². The maximum absolute atomic E-state index is 13.9. The molecule has 20 heteroatoms. The van der Waals surface area contributed by atoms with Crippen molar-refractivity contribution in [3.05, 3.63) is 29.8 Å². The molecule has 1 aromatic rings. The Morgan fingerprint density at radius 1 is 0.580 bits per heavy atom. The average Bonchev–Trinajstić information content (AvgIpc) is 4.19. The van der Waals surface area contributed by atoms with Gasteiger partial charge in [-0.2, -0.15) is 0 Å². The van der Waals surface area contributed by atoms with Crippen molar-refractivity contribution in [3.63, 3.8) is 0 Å². The monoisotopic (exact) mass is 962 g/mol. The molecule has 380 valence electrons. The van der Waals surface area contributed by atoms with Crippen molar-refractivity contribution >= 4 is 47.1 Å². The molecule has 6 aliphatic rings. The van der Waals surface area contributed by atoms with E-state index in [1.165, 1.54) is 0 Å². The molecule has 1 aromatic carbocycles. The van der Waals surface area contributed by atoms with Gasteiger partial charge in [-0.3, -0.25) is 38.4 Å². The van der Waals surface area contributed by atoms with E-state index in [0.717, 1.165) is 32.1 Å². The zero-order valence-electron chi connectivity index (χ0n) is 40.4. The minimum absolute atomic E-state index is 0.0149. The van der Waals surface area contributed by atoms with Crippen molar-refractivity contribution in [2.75, 3.05) is 66.0 Å². The van der Waals surface area contributed by atoms with Crippen molar-refractivity contribution in [1.82, 2.24) is 53.2 Å². The Labute approximate surface area is 404 Å². The Kier molecular flexibility index (Phi) is 18.0. The number of amides is 7. The van der Waals surface area contributed by atoms with Crippen LogP contribution in [0.4, 0.5) is 0 Å². The third kappa shape index (κ3) is 13.0. The highest BCUT2D eigenvalue weighted by atomic mass is 16.5. The molecule has 12 N–H and O–H groups in total. The van der Waals surface area contributed by atoms with Crippen molar-refractivity contribution < 1.29 is 43.1 Å². The van der Waals surface area contributed by atoms with Gasteiger partial charge in [0.25, 0.3) is 0 Å². The first kappa shape index (κ1) is 51.7. The smallest absolute Gasteiger partial charge is 0.226 e. The van der Waals surface area contributed by atoms with E-state index >= 15 is 0 Å². The summed E-state index contributed by atoms with van der Waals surface area (Å²) in [5.74, 6) is -4.34. The van der Waals surface area contributed by atoms with E-state index in [1.54, 1.807) is 31.4 Å². The minimum atomic E-state index is -0.568. The summed E-state index contributed by atoms with van der Waals surface area (Å²) in [4.78, 5) is 107. The Hall–Kier alpha value is -5.18. The zero-order valence-corrected chi connectivity index (χ0v) is 40.4. The lowest BCUT2D eigenvalue weighted by molar-refractivity contribution is -0.131. The number of carbonyl (C=O) groups excluding carboxylic acids is 8. The van der Waals surface area contributed by atoms with Crippen LogP contribution < -0.4 is 63.6 Å². The summed E-state index contributed by atoms with van der Waals surface area (Å²) >= 11 is 0. The van der Waals surface area contributed by atoms with E-state index in [-0.39, 0.29) is 78.0 Å². The van der Waals surface area contributed by atoms with Crippen molar-refractivity contribution in [2.24, 2.45) is 59.0 Å². The van der Waals surface area contributed by atoms with Crippen LogP contribution in [0.1, 0.15) is 82.0 Å². The van der Waals surface area contributed by atoms with Crippen LogP contribution in [0, 0.1) is 53.3 Å². The van der Waals surface area contributed by atoms with Crippen LogP contribution in [0.3, 0.4) is 0 Å². The molecule has 3 saturated carbocycles. The Bertz CT molecular complexity index is 2020. The first-order chi connectivity index (χ1) is 33.2. The SMILES string of the molecule is COc1ccc(C(=O)CNCC(C(=O)NC2CNCC2C(=O)NC2CCCC2C(=O)NC2CNCC2C(=O)NC2CCCC2C(=O)NC2CNCC2C(=O)NCC2CCCC2C(N)=O)C(C)C)cc1. The van der Waals surface area contributed by atoms with Gasteiger partial charge in [-0.15, -0.1) is 0 Å². The molecule has 13 unspecified atom stereocenters. The fraction of sp³-hybridized carbons (Fsp3) is 0.714. The number of nitrogens with two attached hydrogens (primary N) is 1. The second kappa shape index (κ2) is 24.1. The molecule has 0 spiro atoms. The Morgan fingerprint density at radius 2 is 1.04 bits per heavy atom. The highest BCUT2D eigenvalue weighted by molar-refractivity contribution is 5.97. The summed E-state index contributed by atoms with van der Waals surface area (Å²) in [6, 6.07) is 4.69. The number of hydrogen-bond donors (Lipinski definition) is 11. The summed E-state index contributed by atoms with van der Waals surface area (Å²) in [7, 11) is 1.56. The van der Waals surface area contributed by atoms with Crippen LogP contribution in [0.15, 0.2) is 24.3 Å². The van der Waals surface area contributed by atoms with Crippen molar-refractivity contribution in [2.45, 2.75) is 102 Å². The number of primary amides is 1. The molecule has 3 heterocycles. The quantitative estimate of drug-likeness (QED) is 0.0623. The van der Waals surface area contributed by atoms with Crippen LogP contribution >= 0.6 is 0 Å². The molecule has 3 aliphatic heterocycles. The first-order valence-corrected chi connectivity index (χ1v) is 25.3. The van der Waals surface area contributed by atoms with E-state index in [1.807, 2.05) is 13.8 Å². The molecule has 0 radical (unpaired) electrons. The number of ketones is 1. The van der Waals surface area contributed by atoms with Gasteiger partial charge >= 0.3 is 0 Å². The van der Waals surface area contributed by atoms with Gasteiger partial charge in [0.1, 0.15) is 5.75 Å². The van der Waals surface area contributed by atoms with Crippen molar-refractivity contribution in [1.29, 1.82) is 0 Å². The molecule has 0 aromatic heterocycles. The maximum atomic E-state index is 13.9. The predicted molar refractivity (Wildman–Crippen MR) is 255 cm³/mol. The zero-order chi connectivity index (χ0) is 49.2. The normalized spacial score (nSPS) is 31.2. The largest absolute Gasteiger partial charge is 0.497 e. The average molecular weight is 962 g/mol. The van der Waals surface area contributed by atoms with Gasteiger partial charge in [-0.25, -0.2) is 0 Å². The van der Waals surface area contributed by atoms with Gasteiger partial charge in [0.05, 0.1) is 67.3 Å². The number of hydrogen-bond acceptors (Lipinski definition) is 13. The molecule has 13 atom stereocenters. The van der Waals surface area contributed by atoms with Crippen LogP contribution in [-0.4, -0.2) is 143 Å². The lowest BCUT2D eigenvalue weighted by Gasteiger charge is -2.28. The maximum Gasteiger partial charge on any atom is 0.226 e. The van der Waals surface area contributed by atoms with Crippen LogP contribution in [0.2, 0.25) is 0 Å². The Balaban J connectivity index is 0.855. The fourth-order valence-electron chi connectivity index (χ4n) is 11.5. The number of ether oxygens (including phenoxy) is 1. The van der Waals surface area contributed by atoms with Crippen LogP contribution in [-0.2, 0) is 33.6 Å². The van der Waals surface area contributed by atoms with Crippen LogP contribution in [0.25, 0.3) is 0 Å². The number of methoxy groups -OCH3 is 1. The summed E-state index contributed by atoms with van der Waals surface area (Å²) in [6.07, 6.45) is 6.39. The topological polar surface area (TPSA) is 292 Å². The molecule has 0 bridgehead atoms. The third-order valence-corrected chi connectivity index (χ3v) is 15.8. The van der Waals surface area contributed by atoms with Gasteiger partial charge in [0, 0.05) is 75.9 Å². The minimum Gasteiger partial charge on any atom is -0.497 e. The van der Waals surface area contributed by atoms with Gasteiger partial charge < -0.3 is 63.6 Å². The second-order valence-electron chi connectivity index (χ2n) is 20.5. The molecule has 3 saturated heterocycles. The summed E-state index contributed by atoms with van der Waals surface area (Å²) < 4.78 is 5.17. The fourth-order valence-corrected chi connectivity index (χ4v) is 11.5. The standard InChI is InChI=1S/C49H75N11O9/c1-26(2)33(18-54-25-42(61)27-13-15-29(69-3)16-14-27)47(66)60-41-24-53-21-36(41)49(68)57-38-12-6-10-32(38)46(65)59-40-23-52-20-35(40)48(67)56-37-11-5-9-31(37)45(64)58-39-22-51-19-34(39)44(63)55-17-28-7-4-8-30(28)43(50)62/h13-16,26,28,30-41,51-54H,4-12,17-25H2,1-3H3,(H2,50,62)(H,55,63)(H,56,67)(H,57,68)(H,58,64)(H,59,65)(H,60,66). The number of nitrogens with one attached hydrogen (secondary N) is 10. The molecule has 69 heavy (non-hydrogen) atoms. The van der Waals surface area contributed by atoms with E-state index < -0.39 is 65.7 Å². The van der Waals surface area contributed by atoms with E-state index in [9.17, 15) is 38.4 Å². The third-order valence-electron chi connectivity index (χ3n) is 15.8. The van der Waals surface area contributed by atoms with Gasteiger partial charge in [0.2, 0.25) is 41.4 Å². The molecule has 6 fully saturated rings. The number of rotatable bonds is 21. The first-order valence-electron chi connectivity index (χ1n) is 25.3. The number of Topliss-reactive ketones (excluding diaryl/α,β-unsaturated/α-hetero) is 1. The van der Waals surface area contributed by atoms with Crippen LogP contribution in [0.5, 0.6) is 5.75 Å². The van der Waals surface area contributed by atoms with Gasteiger partial charge in [0.15, 0.2) is 5.78 Å². The van der Waals surface area contributed by atoms with Gasteiger partial charge in [-0.1, -0.05) is 33.1 Å². The molecule has 7 amide bonds. The molecule has 20 nitrogen and oxygen atoms in total. The summed E-state index contributed by atoms with van der Waals surface area (Å²) in [6.45, 7) is 6.99. The van der Waals surface area contributed by atoms with E-state index in [4.69, 9.17) is 10.5 Å². The summed E-state index contributed by atoms with van der Waals surface area (Å²) in [5, 5.41) is 31.4. The number of carbonyl (C=O) groups is 8. The second-order valence-corrected chi connectivity index (χ2v) is 20.5.